The Morgan fingerprint density at radius 1 is 1.08 bits per heavy atom. The summed E-state index contributed by atoms with van der Waals surface area (Å²) in [6.45, 7) is 2.48. The summed E-state index contributed by atoms with van der Waals surface area (Å²) in [5.74, 6) is 3.46. The number of hydrogen-bond acceptors (Lipinski definition) is 2. The van der Waals surface area contributed by atoms with Crippen LogP contribution < -0.4 is 4.74 Å². The minimum absolute atomic E-state index is 0.501. The quantitative estimate of drug-likeness (QED) is 0.514. The van der Waals surface area contributed by atoms with Gasteiger partial charge in [0.25, 0.3) is 0 Å². The molecular weight excluding hydrogens is 308 g/mol. The predicted molar refractivity (Wildman–Crippen MR) is 101 cm³/mol. The number of rotatable bonds is 4. The topological polar surface area (TPSA) is 26.5 Å². The molecule has 0 aliphatic heterocycles. The molecule has 0 atom stereocenters. The first kappa shape index (κ1) is 15.3. The van der Waals surface area contributed by atoms with Crippen molar-refractivity contribution in [1.82, 2.24) is 9.38 Å². The predicted octanol–water partition coefficient (Wildman–Crippen LogP) is 4.55. The van der Waals surface area contributed by atoms with E-state index < -0.39 is 0 Å². The van der Waals surface area contributed by atoms with Crippen LogP contribution in [0.15, 0.2) is 60.8 Å². The van der Waals surface area contributed by atoms with Gasteiger partial charge in [-0.25, -0.2) is 4.98 Å². The molecule has 0 spiro atoms. The number of fused-ring (bicyclic) bond motifs is 2. The van der Waals surface area contributed by atoms with Crippen molar-refractivity contribution >= 4 is 16.4 Å². The number of benzene rings is 2. The van der Waals surface area contributed by atoms with Crippen LogP contribution in [0.3, 0.4) is 0 Å². The van der Waals surface area contributed by atoms with Crippen LogP contribution in [0.4, 0.5) is 0 Å². The van der Waals surface area contributed by atoms with Crippen molar-refractivity contribution in [3.63, 3.8) is 0 Å². The van der Waals surface area contributed by atoms with E-state index in [9.17, 15) is 0 Å². The monoisotopic (exact) mass is 326 g/mol. The number of imidazole rings is 1. The Kier molecular flexibility index (Phi) is 3.87. The second kappa shape index (κ2) is 6.33. The number of terminal acetylenes is 1. The fourth-order valence-electron chi connectivity index (χ4n) is 3.12. The van der Waals surface area contributed by atoms with Gasteiger partial charge >= 0.3 is 0 Å². The number of nitrogens with zero attached hydrogens (tertiary/aromatic N) is 2. The van der Waals surface area contributed by atoms with E-state index in [1.165, 1.54) is 10.8 Å². The standard InChI is InChI=1S/C22H18N2O/c1-3-7-20-16(2)23-22-21(10-6-13-24(20)22)25-15-17-11-12-18-8-4-5-9-19(18)14-17/h1,4-6,8-14H,7,15H2,2H3. The van der Waals surface area contributed by atoms with E-state index in [4.69, 9.17) is 11.2 Å². The molecule has 0 fully saturated rings. The van der Waals surface area contributed by atoms with E-state index in [2.05, 4.69) is 41.2 Å². The third kappa shape index (κ3) is 2.83. The maximum absolute atomic E-state index is 6.07. The zero-order valence-electron chi connectivity index (χ0n) is 14.1. The van der Waals surface area contributed by atoms with Gasteiger partial charge in [0.2, 0.25) is 0 Å². The first-order valence-electron chi connectivity index (χ1n) is 8.27. The Morgan fingerprint density at radius 3 is 2.76 bits per heavy atom. The molecule has 122 valence electrons. The zero-order valence-corrected chi connectivity index (χ0v) is 14.1. The molecule has 0 aliphatic rings. The molecule has 2 aromatic carbocycles. The summed E-state index contributed by atoms with van der Waals surface area (Å²) in [4.78, 5) is 4.64. The summed E-state index contributed by atoms with van der Waals surface area (Å²) in [6, 6.07) is 18.6. The molecule has 0 saturated heterocycles. The Labute approximate surface area is 146 Å². The molecule has 0 N–H and O–H groups in total. The molecule has 0 aliphatic carbocycles. The van der Waals surface area contributed by atoms with Gasteiger partial charge in [0, 0.05) is 6.20 Å². The minimum Gasteiger partial charge on any atom is -0.485 e. The largest absolute Gasteiger partial charge is 0.485 e. The number of ether oxygens (including phenoxy) is 1. The van der Waals surface area contributed by atoms with E-state index in [0.717, 1.165) is 28.3 Å². The van der Waals surface area contributed by atoms with E-state index in [1.807, 2.05) is 41.8 Å². The van der Waals surface area contributed by atoms with Gasteiger partial charge in [0.15, 0.2) is 11.4 Å². The van der Waals surface area contributed by atoms with Crippen LogP contribution in [-0.2, 0) is 13.0 Å². The molecular formula is C22H18N2O. The van der Waals surface area contributed by atoms with Crippen LogP contribution in [-0.4, -0.2) is 9.38 Å². The Bertz CT molecular complexity index is 1100. The van der Waals surface area contributed by atoms with Gasteiger partial charge in [-0.1, -0.05) is 36.4 Å². The van der Waals surface area contributed by atoms with Gasteiger partial charge in [-0.2, -0.15) is 0 Å². The van der Waals surface area contributed by atoms with Gasteiger partial charge in [0.05, 0.1) is 17.8 Å². The van der Waals surface area contributed by atoms with Gasteiger partial charge in [-0.05, 0) is 41.5 Å². The van der Waals surface area contributed by atoms with Gasteiger partial charge < -0.3 is 4.74 Å². The highest BCUT2D eigenvalue weighted by atomic mass is 16.5. The molecule has 0 saturated carbocycles. The van der Waals surface area contributed by atoms with Gasteiger partial charge in [-0.3, -0.25) is 4.40 Å². The summed E-state index contributed by atoms with van der Waals surface area (Å²) in [6.07, 6.45) is 8.01. The molecule has 0 unspecified atom stereocenters. The Morgan fingerprint density at radius 2 is 1.92 bits per heavy atom. The average Bonchev–Trinajstić information content (AvgIpc) is 2.96. The fraction of sp³-hybridized carbons (Fsp3) is 0.136. The number of pyridine rings is 1. The first-order chi connectivity index (χ1) is 12.3. The highest BCUT2D eigenvalue weighted by Crippen LogP contribution is 2.24. The van der Waals surface area contributed by atoms with Gasteiger partial charge in [-0.15, -0.1) is 12.3 Å². The van der Waals surface area contributed by atoms with Crippen molar-refractivity contribution in [3.05, 3.63) is 77.7 Å². The lowest BCUT2D eigenvalue weighted by Gasteiger charge is -2.09. The maximum Gasteiger partial charge on any atom is 0.180 e. The number of aromatic nitrogens is 2. The van der Waals surface area contributed by atoms with Crippen LogP contribution in [0.1, 0.15) is 17.0 Å². The average molecular weight is 326 g/mol. The van der Waals surface area contributed by atoms with E-state index >= 15 is 0 Å². The lowest BCUT2D eigenvalue weighted by molar-refractivity contribution is 0.308. The summed E-state index contributed by atoms with van der Waals surface area (Å²) >= 11 is 0. The van der Waals surface area contributed by atoms with Gasteiger partial charge in [0.1, 0.15) is 6.61 Å². The van der Waals surface area contributed by atoms with E-state index in [1.54, 1.807) is 0 Å². The zero-order chi connectivity index (χ0) is 17.2. The Hall–Kier alpha value is -3.25. The van der Waals surface area contributed by atoms with Crippen LogP contribution >= 0.6 is 0 Å². The molecule has 3 heteroatoms. The lowest BCUT2D eigenvalue weighted by atomic mass is 10.1. The molecule has 0 amide bonds. The van der Waals surface area contributed by atoms with E-state index in [0.29, 0.717) is 13.0 Å². The normalized spacial score (nSPS) is 10.9. The second-order valence-electron chi connectivity index (χ2n) is 6.06. The number of aryl methyl sites for hydroxylation is 1. The SMILES string of the molecule is C#CCc1c(C)nc2c(OCc3ccc4ccccc4c3)cccn12. The smallest absolute Gasteiger partial charge is 0.180 e. The van der Waals surface area contributed by atoms with Crippen molar-refractivity contribution < 1.29 is 4.74 Å². The van der Waals surface area contributed by atoms with Crippen molar-refractivity contribution in [1.29, 1.82) is 0 Å². The minimum atomic E-state index is 0.501. The molecule has 4 aromatic rings. The lowest BCUT2D eigenvalue weighted by Crippen LogP contribution is -1.99. The van der Waals surface area contributed by atoms with E-state index in [-0.39, 0.29) is 0 Å². The van der Waals surface area contributed by atoms with Crippen LogP contribution in [0.25, 0.3) is 16.4 Å². The molecule has 2 heterocycles. The highest BCUT2D eigenvalue weighted by molar-refractivity contribution is 5.82. The summed E-state index contributed by atoms with van der Waals surface area (Å²) in [7, 11) is 0. The first-order valence-corrected chi connectivity index (χ1v) is 8.27. The maximum atomic E-state index is 6.07. The third-order valence-electron chi connectivity index (χ3n) is 4.39. The molecule has 3 nitrogen and oxygen atoms in total. The molecule has 4 rings (SSSR count). The number of hydrogen-bond donors (Lipinski definition) is 0. The molecule has 0 bridgehead atoms. The van der Waals surface area contributed by atoms with Crippen molar-refractivity contribution in [2.45, 2.75) is 20.0 Å². The second-order valence-corrected chi connectivity index (χ2v) is 6.06. The van der Waals surface area contributed by atoms with Crippen molar-refractivity contribution in [2.75, 3.05) is 0 Å². The molecule has 2 aromatic heterocycles. The fourth-order valence-corrected chi connectivity index (χ4v) is 3.12. The van der Waals surface area contributed by atoms with Crippen LogP contribution in [0.5, 0.6) is 5.75 Å². The summed E-state index contributed by atoms with van der Waals surface area (Å²) < 4.78 is 8.08. The molecule has 0 radical (unpaired) electrons. The highest BCUT2D eigenvalue weighted by Gasteiger charge is 2.11. The Balaban J connectivity index is 1.64. The van der Waals surface area contributed by atoms with Crippen molar-refractivity contribution in [2.24, 2.45) is 0 Å². The van der Waals surface area contributed by atoms with Crippen LogP contribution in [0.2, 0.25) is 0 Å². The summed E-state index contributed by atoms with van der Waals surface area (Å²) in [5.41, 5.74) is 3.92. The van der Waals surface area contributed by atoms with Crippen LogP contribution in [0, 0.1) is 19.3 Å². The third-order valence-corrected chi connectivity index (χ3v) is 4.39. The summed E-state index contributed by atoms with van der Waals surface area (Å²) in [5, 5.41) is 2.45. The molecule has 25 heavy (non-hydrogen) atoms. The van der Waals surface area contributed by atoms with Crippen molar-refractivity contribution in [3.8, 4) is 18.1 Å².